The van der Waals surface area contributed by atoms with E-state index in [0.717, 1.165) is 6.42 Å². The predicted molar refractivity (Wildman–Crippen MR) is 79.2 cm³/mol. The van der Waals surface area contributed by atoms with Gasteiger partial charge in [-0.05, 0) is 17.9 Å². The molecule has 2 N–H and O–H groups in total. The number of pyridine rings is 1. The van der Waals surface area contributed by atoms with E-state index in [1.54, 1.807) is 20.2 Å². The SMILES string of the molecule is CNc1ccc([N+](=O)[O-])c(NCC(C)(C)CCOC)n1. The second-order valence-electron chi connectivity index (χ2n) is 5.33. The fourth-order valence-corrected chi connectivity index (χ4v) is 1.66. The summed E-state index contributed by atoms with van der Waals surface area (Å²) in [7, 11) is 3.38. The second-order valence-corrected chi connectivity index (χ2v) is 5.33. The van der Waals surface area contributed by atoms with E-state index in [4.69, 9.17) is 4.74 Å². The van der Waals surface area contributed by atoms with Gasteiger partial charge in [-0.3, -0.25) is 10.1 Å². The highest BCUT2D eigenvalue weighted by atomic mass is 16.6. The first-order valence-corrected chi connectivity index (χ1v) is 6.45. The number of hydrogen-bond acceptors (Lipinski definition) is 6. The predicted octanol–water partition coefficient (Wildman–Crippen LogP) is 2.51. The summed E-state index contributed by atoms with van der Waals surface area (Å²) < 4.78 is 5.07. The number of anilines is 2. The van der Waals surface area contributed by atoms with Gasteiger partial charge >= 0.3 is 5.69 Å². The van der Waals surface area contributed by atoms with Gasteiger partial charge in [-0.25, -0.2) is 4.98 Å². The summed E-state index contributed by atoms with van der Waals surface area (Å²) in [5.74, 6) is 0.875. The van der Waals surface area contributed by atoms with Gasteiger partial charge in [0.05, 0.1) is 4.92 Å². The molecule has 0 bridgehead atoms. The largest absolute Gasteiger partial charge is 0.385 e. The fourth-order valence-electron chi connectivity index (χ4n) is 1.66. The van der Waals surface area contributed by atoms with E-state index >= 15 is 0 Å². The number of nitrogens with zero attached hydrogens (tertiary/aromatic N) is 2. The quantitative estimate of drug-likeness (QED) is 0.562. The third kappa shape index (κ3) is 4.65. The van der Waals surface area contributed by atoms with Gasteiger partial charge in [0.15, 0.2) is 0 Å². The molecule has 1 rings (SSSR count). The molecule has 7 heteroatoms. The molecule has 0 saturated heterocycles. The van der Waals surface area contributed by atoms with Gasteiger partial charge in [-0.15, -0.1) is 0 Å². The highest BCUT2D eigenvalue weighted by molar-refractivity contribution is 5.60. The second kappa shape index (κ2) is 7.04. The van der Waals surface area contributed by atoms with Crippen LogP contribution in [0.25, 0.3) is 0 Å². The maximum absolute atomic E-state index is 11.0. The van der Waals surface area contributed by atoms with E-state index in [9.17, 15) is 10.1 Å². The van der Waals surface area contributed by atoms with Crippen LogP contribution in [0.15, 0.2) is 12.1 Å². The number of ether oxygens (including phenoxy) is 1. The Morgan fingerprint density at radius 3 is 2.70 bits per heavy atom. The van der Waals surface area contributed by atoms with Crippen molar-refractivity contribution < 1.29 is 9.66 Å². The molecule has 0 radical (unpaired) electrons. The maximum Gasteiger partial charge on any atom is 0.311 e. The minimum Gasteiger partial charge on any atom is -0.385 e. The van der Waals surface area contributed by atoms with Gasteiger partial charge in [-0.1, -0.05) is 13.8 Å². The zero-order valence-electron chi connectivity index (χ0n) is 12.4. The lowest BCUT2D eigenvalue weighted by atomic mass is 9.90. The molecule has 0 aliphatic heterocycles. The Labute approximate surface area is 118 Å². The van der Waals surface area contributed by atoms with Crippen LogP contribution < -0.4 is 10.6 Å². The molecule has 1 aromatic heterocycles. The number of methoxy groups -OCH3 is 1. The van der Waals surface area contributed by atoms with Crippen LogP contribution in [0, 0.1) is 15.5 Å². The fraction of sp³-hybridized carbons (Fsp3) is 0.615. The Morgan fingerprint density at radius 1 is 1.45 bits per heavy atom. The highest BCUT2D eigenvalue weighted by Crippen LogP contribution is 2.26. The van der Waals surface area contributed by atoms with Crippen molar-refractivity contribution in [1.29, 1.82) is 0 Å². The van der Waals surface area contributed by atoms with Gasteiger partial charge < -0.3 is 15.4 Å². The summed E-state index contributed by atoms with van der Waals surface area (Å²) in [6, 6.07) is 3.03. The van der Waals surface area contributed by atoms with Crippen molar-refractivity contribution in [3.8, 4) is 0 Å². The molecule has 0 fully saturated rings. The molecule has 0 spiro atoms. The smallest absolute Gasteiger partial charge is 0.311 e. The van der Waals surface area contributed by atoms with E-state index < -0.39 is 4.92 Å². The molecule has 112 valence electrons. The van der Waals surface area contributed by atoms with Crippen LogP contribution in [-0.4, -0.2) is 37.2 Å². The minimum absolute atomic E-state index is 0.0217. The molecule has 0 unspecified atom stereocenters. The number of nitrogens with one attached hydrogen (secondary N) is 2. The molecule has 1 heterocycles. The minimum atomic E-state index is -0.434. The molecular formula is C13H22N4O3. The van der Waals surface area contributed by atoms with E-state index in [-0.39, 0.29) is 16.9 Å². The Balaban J connectivity index is 2.82. The first-order chi connectivity index (χ1) is 9.39. The first-order valence-electron chi connectivity index (χ1n) is 6.45. The van der Waals surface area contributed by atoms with Crippen LogP contribution in [0.3, 0.4) is 0 Å². The standard InChI is InChI=1S/C13H22N4O3/c1-13(2,7-8-20-4)9-15-12-10(17(18)19)5-6-11(14-3)16-12/h5-6H,7-9H2,1-4H3,(H2,14,15,16). The van der Waals surface area contributed by atoms with Gasteiger partial charge in [0, 0.05) is 33.4 Å². The highest BCUT2D eigenvalue weighted by Gasteiger charge is 2.21. The van der Waals surface area contributed by atoms with E-state index in [1.165, 1.54) is 6.07 Å². The molecule has 0 aliphatic carbocycles. The molecule has 7 nitrogen and oxygen atoms in total. The van der Waals surface area contributed by atoms with E-state index in [2.05, 4.69) is 29.5 Å². The normalized spacial score (nSPS) is 11.2. The topological polar surface area (TPSA) is 89.3 Å². The van der Waals surface area contributed by atoms with Gasteiger partial charge in [-0.2, -0.15) is 0 Å². The lowest BCUT2D eigenvalue weighted by Crippen LogP contribution is -2.25. The summed E-state index contributed by atoms with van der Waals surface area (Å²) in [5, 5.41) is 16.9. The Hall–Kier alpha value is -1.89. The Morgan fingerprint density at radius 2 is 2.15 bits per heavy atom. The number of hydrogen-bond donors (Lipinski definition) is 2. The van der Waals surface area contributed by atoms with Crippen molar-refractivity contribution in [1.82, 2.24) is 4.98 Å². The zero-order chi connectivity index (χ0) is 15.2. The summed E-state index contributed by atoms with van der Waals surface area (Å²) in [6.07, 6.45) is 0.857. The molecule has 0 amide bonds. The summed E-state index contributed by atoms with van der Waals surface area (Å²) in [6.45, 7) is 5.39. The summed E-state index contributed by atoms with van der Waals surface area (Å²) in [4.78, 5) is 14.8. The third-order valence-electron chi connectivity index (χ3n) is 3.04. The zero-order valence-corrected chi connectivity index (χ0v) is 12.4. The van der Waals surface area contributed by atoms with Crippen LogP contribution in [0.2, 0.25) is 0 Å². The lowest BCUT2D eigenvalue weighted by molar-refractivity contribution is -0.384. The number of rotatable bonds is 8. The monoisotopic (exact) mass is 282 g/mol. The van der Waals surface area contributed by atoms with Crippen LogP contribution in [0.5, 0.6) is 0 Å². The van der Waals surface area contributed by atoms with Crippen LogP contribution in [0.4, 0.5) is 17.3 Å². The van der Waals surface area contributed by atoms with Crippen molar-refractivity contribution in [3.63, 3.8) is 0 Å². The molecular weight excluding hydrogens is 260 g/mol. The molecule has 0 atom stereocenters. The van der Waals surface area contributed by atoms with Crippen molar-refractivity contribution in [2.24, 2.45) is 5.41 Å². The molecule has 0 aromatic carbocycles. The van der Waals surface area contributed by atoms with Crippen molar-refractivity contribution >= 4 is 17.3 Å². The Kier molecular flexibility index (Phi) is 5.69. The molecule has 1 aromatic rings. The van der Waals surface area contributed by atoms with Crippen LogP contribution in [-0.2, 0) is 4.74 Å². The number of aromatic nitrogens is 1. The van der Waals surface area contributed by atoms with Crippen molar-refractivity contribution in [2.45, 2.75) is 20.3 Å². The van der Waals surface area contributed by atoms with Crippen molar-refractivity contribution in [2.75, 3.05) is 37.9 Å². The summed E-state index contributed by atoms with van der Waals surface area (Å²) in [5.41, 5.74) is -0.0622. The Bertz CT molecular complexity index is 463. The average molecular weight is 282 g/mol. The average Bonchev–Trinajstić information content (AvgIpc) is 2.42. The van der Waals surface area contributed by atoms with Gasteiger partial charge in [0.1, 0.15) is 5.82 Å². The molecule has 20 heavy (non-hydrogen) atoms. The lowest BCUT2D eigenvalue weighted by Gasteiger charge is -2.24. The van der Waals surface area contributed by atoms with Crippen molar-refractivity contribution in [3.05, 3.63) is 22.2 Å². The third-order valence-corrected chi connectivity index (χ3v) is 3.04. The van der Waals surface area contributed by atoms with Gasteiger partial charge in [0.2, 0.25) is 5.82 Å². The molecule has 0 aliphatic rings. The van der Waals surface area contributed by atoms with Crippen LogP contribution >= 0.6 is 0 Å². The molecule has 0 saturated carbocycles. The first kappa shape index (κ1) is 16.2. The van der Waals surface area contributed by atoms with Gasteiger partial charge in [0.25, 0.3) is 0 Å². The number of nitro groups is 1. The van der Waals surface area contributed by atoms with E-state index in [0.29, 0.717) is 19.0 Å². The van der Waals surface area contributed by atoms with Crippen LogP contribution in [0.1, 0.15) is 20.3 Å². The summed E-state index contributed by atoms with van der Waals surface area (Å²) >= 11 is 0. The van der Waals surface area contributed by atoms with E-state index in [1.807, 2.05) is 0 Å². The maximum atomic E-state index is 11.0.